The van der Waals surface area contributed by atoms with Crippen LogP contribution in [0.2, 0.25) is 0 Å². The van der Waals surface area contributed by atoms with Gasteiger partial charge in [0.25, 0.3) is 0 Å². The van der Waals surface area contributed by atoms with Gasteiger partial charge < -0.3 is 15.4 Å². The van der Waals surface area contributed by atoms with Crippen molar-refractivity contribution in [3.63, 3.8) is 0 Å². The van der Waals surface area contributed by atoms with Crippen molar-refractivity contribution in [1.29, 1.82) is 0 Å². The van der Waals surface area contributed by atoms with Crippen LogP contribution in [0.25, 0.3) is 22.6 Å². The number of aliphatic hydroxyl groups is 1. The minimum Gasteiger partial charge on any atom is -0.390 e. The summed E-state index contributed by atoms with van der Waals surface area (Å²) < 4.78 is 6.49. The normalized spacial score (nSPS) is 11.3. The van der Waals surface area contributed by atoms with Gasteiger partial charge in [-0.2, -0.15) is 0 Å². The quantitative estimate of drug-likeness (QED) is 0.707. The maximum absolute atomic E-state index is 9.38. The molecule has 3 N–H and O–H groups in total. The zero-order valence-electron chi connectivity index (χ0n) is 10.2. The number of hydrogen-bond donors (Lipinski definition) is 2. The van der Waals surface area contributed by atoms with Crippen LogP contribution in [0.3, 0.4) is 0 Å². The Balaban J connectivity index is 2.35. The highest BCUT2D eigenvalue weighted by atomic mass is 16.6. The van der Waals surface area contributed by atoms with E-state index in [4.69, 9.17) is 5.73 Å². The van der Waals surface area contributed by atoms with Gasteiger partial charge >= 0.3 is 0 Å². The summed E-state index contributed by atoms with van der Waals surface area (Å²) in [6.07, 6.45) is 1.61. The van der Waals surface area contributed by atoms with Gasteiger partial charge in [0, 0.05) is 12.7 Å². The molecule has 0 amide bonds. The van der Waals surface area contributed by atoms with Gasteiger partial charge in [-0.1, -0.05) is 0 Å². The van der Waals surface area contributed by atoms with Crippen LogP contribution in [-0.2, 0) is 13.2 Å². The molecule has 3 aromatic rings. The van der Waals surface area contributed by atoms with Crippen LogP contribution >= 0.6 is 0 Å². The number of fused-ring (bicyclic) bond motifs is 1. The van der Waals surface area contributed by atoms with Crippen LogP contribution in [0.4, 0.5) is 5.82 Å². The van der Waals surface area contributed by atoms with Crippen molar-refractivity contribution in [2.24, 2.45) is 0 Å². The van der Waals surface area contributed by atoms with Crippen LogP contribution in [-0.4, -0.2) is 30.0 Å². The molecular weight excluding hydrogens is 248 g/mol. The van der Waals surface area contributed by atoms with Crippen LogP contribution in [0.1, 0.15) is 12.6 Å². The molecule has 3 aromatic heterocycles. The summed E-state index contributed by atoms with van der Waals surface area (Å²) in [5, 5.41) is 16.7. The number of rotatable bonds is 3. The van der Waals surface area contributed by atoms with Crippen molar-refractivity contribution < 1.29 is 9.74 Å². The highest BCUT2D eigenvalue weighted by Crippen LogP contribution is 2.27. The molecule has 0 saturated heterocycles. The first-order valence-electron chi connectivity index (χ1n) is 5.79. The van der Waals surface area contributed by atoms with Gasteiger partial charge in [-0.3, -0.25) is 4.98 Å². The molecule has 0 aromatic carbocycles. The van der Waals surface area contributed by atoms with Crippen LogP contribution in [0, 0.1) is 0 Å². The molecule has 0 aliphatic carbocycles. The summed E-state index contributed by atoms with van der Waals surface area (Å²) in [5.41, 5.74) is 8.15. The number of aromatic nitrogens is 5. The summed E-state index contributed by atoms with van der Waals surface area (Å²) in [6, 6.07) is 1.77. The third-order valence-electron chi connectivity index (χ3n) is 2.92. The molecule has 0 unspecified atom stereocenters. The Hall–Kier alpha value is -2.48. The number of nitrogens with two attached hydrogens (primary N) is 1. The van der Waals surface area contributed by atoms with Crippen molar-refractivity contribution in [3.8, 4) is 11.5 Å². The van der Waals surface area contributed by atoms with E-state index in [0.29, 0.717) is 23.8 Å². The number of nitrogen functional groups attached to an aromatic ring is 1. The van der Waals surface area contributed by atoms with E-state index in [1.54, 1.807) is 12.3 Å². The molecule has 8 nitrogen and oxygen atoms in total. The predicted octanol–water partition coefficient (Wildman–Crippen LogP) is 0.576. The standard InChI is InChI=1S/C11H12N6O2/c1-2-17-9-6(3-4-13-7(9)5-18)14-11(17)8-10(12)16-19-15-8/h3-4,18H,2,5H2,1H3,(H2,12,16). The summed E-state index contributed by atoms with van der Waals surface area (Å²) in [4.78, 5) is 8.61. The molecule has 0 atom stereocenters. The molecule has 0 bridgehead atoms. The Morgan fingerprint density at radius 3 is 2.89 bits per heavy atom. The Bertz CT molecular complexity index is 732. The third-order valence-corrected chi connectivity index (χ3v) is 2.92. The van der Waals surface area contributed by atoms with Gasteiger partial charge in [-0.05, 0) is 23.3 Å². The average Bonchev–Trinajstić information content (AvgIpc) is 3.00. The summed E-state index contributed by atoms with van der Waals surface area (Å²) >= 11 is 0. The topological polar surface area (TPSA) is 116 Å². The van der Waals surface area contributed by atoms with Gasteiger partial charge in [0.15, 0.2) is 17.3 Å². The number of nitrogens with zero attached hydrogens (tertiary/aromatic N) is 5. The highest BCUT2D eigenvalue weighted by molar-refractivity contribution is 5.83. The molecule has 3 rings (SSSR count). The molecular formula is C11H12N6O2. The molecule has 98 valence electrons. The molecule has 0 radical (unpaired) electrons. The highest BCUT2D eigenvalue weighted by Gasteiger charge is 2.20. The first-order chi connectivity index (χ1) is 9.26. The molecule has 0 fully saturated rings. The van der Waals surface area contributed by atoms with E-state index in [2.05, 4.69) is 24.9 Å². The second kappa shape index (κ2) is 4.32. The first-order valence-corrected chi connectivity index (χ1v) is 5.79. The lowest BCUT2D eigenvalue weighted by molar-refractivity contribution is 0.278. The number of pyridine rings is 1. The lowest BCUT2D eigenvalue weighted by atomic mass is 10.3. The van der Waals surface area contributed by atoms with Gasteiger partial charge in [-0.15, -0.1) is 0 Å². The number of hydrogen-bond acceptors (Lipinski definition) is 7. The van der Waals surface area contributed by atoms with E-state index in [-0.39, 0.29) is 12.4 Å². The number of imidazole rings is 1. The summed E-state index contributed by atoms with van der Waals surface area (Å²) in [5.74, 6) is 0.738. The lowest BCUT2D eigenvalue weighted by Crippen LogP contribution is -2.02. The maximum atomic E-state index is 9.38. The molecule has 8 heteroatoms. The molecule has 0 spiro atoms. The van der Waals surface area contributed by atoms with Crippen molar-refractivity contribution in [3.05, 3.63) is 18.0 Å². The fourth-order valence-corrected chi connectivity index (χ4v) is 2.11. The monoisotopic (exact) mass is 260 g/mol. The van der Waals surface area contributed by atoms with Gasteiger partial charge in [0.2, 0.25) is 0 Å². The fraction of sp³-hybridized carbons (Fsp3) is 0.273. The third kappa shape index (κ3) is 1.65. The average molecular weight is 260 g/mol. The van der Waals surface area contributed by atoms with E-state index in [0.717, 1.165) is 11.0 Å². The van der Waals surface area contributed by atoms with Crippen molar-refractivity contribution in [1.82, 2.24) is 24.8 Å². The SMILES string of the molecule is CCn1c(-c2nonc2N)nc2ccnc(CO)c21. The van der Waals surface area contributed by atoms with E-state index in [1.807, 2.05) is 11.5 Å². The lowest BCUT2D eigenvalue weighted by Gasteiger charge is -2.05. The maximum Gasteiger partial charge on any atom is 0.199 e. The Labute approximate surface area is 107 Å². The fourth-order valence-electron chi connectivity index (χ4n) is 2.11. The zero-order valence-corrected chi connectivity index (χ0v) is 10.2. The van der Waals surface area contributed by atoms with Crippen LogP contribution in [0.15, 0.2) is 16.9 Å². The van der Waals surface area contributed by atoms with Crippen molar-refractivity contribution >= 4 is 16.9 Å². The second-order valence-electron chi connectivity index (χ2n) is 3.96. The molecule has 0 aliphatic heterocycles. The molecule has 19 heavy (non-hydrogen) atoms. The number of aliphatic hydroxyl groups excluding tert-OH is 1. The van der Waals surface area contributed by atoms with Gasteiger partial charge in [0.1, 0.15) is 0 Å². The Morgan fingerprint density at radius 2 is 2.26 bits per heavy atom. The van der Waals surface area contributed by atoms with E-state index in [9.17, 15) is 5.11 Å². The van der Waals surface area contributed by atoms with Gasteiger partial charge in [0.05, 0.1) is 23.3 Å². The zero-order chi connectivity index (χ0) is 13.4. The van der Waals surface area contributed by atoms with E-state index >= 15 is 0 Å². The molecule has 0 saturated carbocycles. The van der Waals surface area contributed by atoms with E-state index < -0.39 is 0 Å². The van der Waals surface area contributed by atoms with Gasteiger partial charge in [-0.25, -0.2) is 9.61 Å². The number of aryl methyl sites for hydroxylation is 1. The first kappa shape index (κ1) is 11.6. The second-order valence-corrected chi connectivity index (χ2v) is 3.96. The Kier molecular flexibility index (Phi) is 2.64. The smallest absolute Gasteiger partial charge is 0.199 e. The van der Waals surface area contributed by atoms with Crippen molar-refractivity contribution in [2.45, 2.75) is 20.1 Å². The van der Waals surface area contributed by atoms with Crippen molar-refractivity contribution in [2.75, 3.05) is 5.73 Å². The number of anilines is 1. The largest absolute Gasteiger partial charge is 0.390 e. The summed E-state index contributed by atoms with van der Waals surface area (Å²) in [7, 11) is 0. The molecule has 3 heterocycles. The van der Waals surface area contributed by atoms with Crippen LogP contribution in [0.5, 0.6) is 0 Å². The Morgan fingerprint density at radius 1 is 1.42 bits per heavy atom. The van der Waals surface area contributed by atoms with Crippen LogP contribution < -0.4 is 5.73 Å². The molecule has 0 aliphatic rings. The van der Waals surface area contributed by atoms with E-state index in [1.165, 1.54) is 0 Å². The summed E-state index contributed by atoms with van der Waals surface area (Å²) in [6.45, 7) is 2.44. The minimum atomic E-state index is -0.158. The predicted molar refractivity (Wildman–Crippen MR) is 66.8 cm³/mol. The minimum absolute atomic E-state index is 0.158.